The van der Waals surface area contributed by atoms with E-state index in [-0.39, 0.29) is 17.4 Å². The molecule has 2 rings (SSSR count). The molecule has 1 atom stereocenters. The molecule has 1 aliphatic rings. The standard InChI is InChI=1S/C16H13NO3/c1-11(20)17-14-7-5-12(6-8-14)15-4-2-3-13(9-18)16(15)10-19/h2-3,5-8,15H,4H2,1H3,(H,17,20). The van der Waals surface area contributed by atoms with Crippen LogP contribution in [0.3, 0.4) is 0 Å². The van der Waals surface area contributed by atoms with Crippen molar-refractivity contribution in [2.24, 2.45) is 0 Å². The van der Waals surface area contributed by atoms with Crippen molar-refractivity contribution >= 4 is 23.5 Å². The summed E-state index contributed by atoms with van der Waals surface area (Å²) in [6.07, 6.45) is 4.07. The van der Waals surface area contributed by atoms with Gasteiger partial charge in [0, 0.05) is 18.5 Å². The van der Waals surface area contributed by atoms with E-state index in [0.717, 1.165) is 5.56 Å². The summed E-state index contributed by atoms with van der Waals surface area (Å²) in [5.41, 5.74) is 2.17. The first-order chi connectivity index (χ1) is 9.65. The number of carbonyl (C=O) groups excluding carboxylic acids is 3. The minimum atomic E-state index is -0.194. The molecule has 1 N–H and O–H groups in total. The minimum Gasteiger partial charge on any atom is -0.326 e. The molecule has 1 unspecified atom stereocenters. The average molecular weight is 267 g/mol. The van der Waals surface area contributed by atoms with Crippen LogP contribution in [0, 0.1) is 0 Å². The van der Waals surface area contributed by atoms with Crippen LogP contribution in [-0.4, -0.2) is 17.8 Å². The van der Waals surface area contributed by atoms with Gasteiger partial charge in [0.15, 0.2) is 0 Å². The number of rotatable bonds is 2. The highest BCUT2D eigenvalue weighted by atomic mass is 16.1. The smallest absolute Gasteiger partial charge is 0.221 e. The molecule has 0 heterocycles. The minimum absolute atomic E-state index is 0.141. The van der Waals surface area contributed by atoms with Crippen LogP contribution >= 0.6 is 0 Å². The predicted molar refractivity (Wildman–Crippen MR) is 75.7 cm³/mol. The zero-order valence-corrected chi connectivity index (χ0v) is 11.0. The maximum atomic E-state index is 11.1. The molecule has 1 aromatic carbocycles. The van der Waals surface area contributed by atoms with Crippen molar-refractivity contribution in [3.63, 3.8) is 0 Å². The Labute approximate surface area is 116 Å². The monoisotopic (exact) mass is 267 g/mol. The van der Waals surface area contributed by atoms with Crippen LogP contribution in [0.1, 0.15) is 24.8 Å². The number of anilines is 1. The van der Waals surface area contributed by atoms with E-state index >= 15 is 0 Å². The molecule has 0 aromatic heterocycles. The van der Waals surface area contributed by atoms with Gasteiger partial charge in [0.25, 0.3) is 0 Å². The summed E-state index contributed by atoms with van der Waals surface area (Å²) in [5.74, 6) is 3.28. The Morgan fingerprint density at radius 1 is 1.20 bits per heavy atom. The van der Waals surface area contributed by atoms with Gasteiger partial charge in [-0.2, -0.15) is 0 Å². The van der Waals surface area contributed by atoms with Gasteiger partial charge in [0.1, 0.15) is 11.9 Å². The number of hydrogen-bond acceptors (Lipinski definition) is 3. The molecular weight excluding hydrogens is 254 g/mol. The molecule has 0 saturated carbocycles. The van der Waals surface area contributed by atoms with Crippen LogP contribution in [0.4, 0.5) is 5.69 Å². The highest BCUT2D eigenvalue weighted by molar-refractivity contribution is 5.88. The van der Waals surface area contributed by atoms with Gasteiger partial charge in [-0.3, -0.25) is 4.79 Å². The number of allylic oxidation sites excluding steroid dienone is 4. The fraction of sp³-hybridized carbons (Fsp3) is 0.188. The van der Waals surface area contributed by atoms with Crippen LogP contribution in [0.25, 0.3) is 0 Å². The third-order valence-corrected chi connectivity index (χ3v) is 3.15. The summed E-state index contributed by atoms with van der Waals surface area (Å²) in [6.45, 7) is 1.44. The average Bonchev–Trinajstić information content (AvgIpc) is 2.46. The molecule has 0 saturated heterocycles. The molecule has 4 heteroatoms. The Bertz CT molecular complexity index is 657. The Kier molecular flexibility index (Phi) is 4.11. The maximum absolute atomic E-state index is 11.1. The molecule has 1 aliphatic carbocycles. The Hall–Kier alpha value is -2.67. The topological polar surface area (TPSA) is 63.2 Å². The van der Waals surface area contributed by atoms with Crippen molar-refractivity contribution in [2.75, 3.05) is 5.32 Å². The summed E-state index contributed by atoms with van der Waals surface area (Å²) in [4.78, 5) is 32.9. The number of hydrogen-bond donors (Lipinski definition) is 1. The van der Waals surface area contributed by atoms with Gasteiger partial charge in [-0.1, -0.05) is 18.2 Å². The predicted octanol–water partition coefficient (Wildman–Crippen LogP) is 2.20. The first kappa shape index (κ1) is 13.8. The van der Waals surface area contributed by atoms with Gasteiger partial charge in [-0.15, -0.1) is 0 Å². The lowest BCUT2D eigenvalue weighted by Gasteiger charge is -2.20. The fourth-order valence-corrected chi connectivity index (χ4v) is 2.24. The van der Waals surface area contributed by atoms with Crippen LogP contribution < -0.4 is 5.32 Å². The number of benzene rings is 1. The van der Waals surface area contributed by atoms with Crippen molar-refractivity contribution in [1.29, 1.82) is 0 Å². The summed E-state index contributed by atoms with van der Waals surface area (Å²) >= 11 is 0. The van der Waals surface area contributed by atoms with Gasteiger partial charge < -0.3 is 5.32 Å². The highest BCUT2D eigenvalue weighted by Gasteiger charge is 2.23. The van der Waals surface area contributed by atoms with E-state index in [1.165, 1.54) is 6.92 Å². The molecule has 1 aromatic rings. The molecule has 0 fully saturated rings. The second kappa shape index (κ2) is 5.98. The van der Waals surface area contributed by atoms with E-state index in [2.05, 4.69) is 5.32 Å². The molecule has 0 radical (unpaired) electrons. The maximum Gasteiger partial charge on any atom is 0.221 e. The van der Waals surface area contributed by atoms with E-state index in [9.17, 15) is 14.4 Å². The van der Waals surface area contributed by atoms with Crippen LogP contribution in [0.2, 0.25) is 0 Å². The lowest BCUT2D eigenvalue weighted by molar-refractivity contribution is -0.114. The third kappa shape index (κ3) is 2.83. The zero-order chi connectivity index (χ0) is 14.5. The van der Waals surface area contributed by atoms with Gasteiger partial charge >= 0.3 is 0 Å². The first-order valence-corrected chi connectivity index (χ1v) is 6.20. The Morgan fingerprint density at radius 3 is 2.45 bits per heavy atom. The summed E-state index contributed by atoms with van der Waals surface area (Å²) in [7, 11) is 0. The number of carbonyl (C=O) groups is 1. The second-order valence-electron chi connectivity index (χ2n) is 4.53. The zero-order valence-electron chi connectivity index (χ0n) is 11.0. The lowest BCUT2D eigenvalue weighted by atomic mass is 9.82. The van der Waals surface area contributed by atoms with Crippen molar-refractivity contribution in [3.05, 3.63) is 53.1 Å². The van der Waals surface area contributed by atoms with Gasteiger partial charge in [0.05, 0.1) is 11.1 Å². The van der Waals surface area contributed by atoms with E-state index < -0.39 is 0 Å². The molecular formula is C16H13NO3. The number of amides is 1. The molecule has 20 heavy (non-hydrogen) atoms. The first-order valence-electron chi connectivity index (χ1n) is 6.20. The molecule has 0 spiro atoms. The van der Waals surface area contributed by atoms with Crippen LogP contribution in [-0.2, 0) is 14.4 Å². The van der Waals surface area contributed by atoms with E-state index in [1.807, 2.05) is 24.2 Å². The van der Waals surface area contributed by atoms with Crippen molar-refractivity contribution in [3.8, 4) is 0 Å². The summed E-state index contributed by atoms with van der Waals surface area (Å²) < 4.78 is 0. The van der Waals surface area contributed by atoms with E-state index in [0.29, 0.717) is 17.7 Å². The second-order valence-corrected chi connectivity index (χ2v) is 4.53. The number of nitrogens with one attached hydrogen (secondary N) is 1. The van der Waals surface area contributed by atoms with E-state index in [1.54, 1.807) is 24.2 Å². The molecule has 0 bridgehead atoms. The fourth-order valence-electron chi connectivity index (χ4n) is 2.24. The van der Waals surface area contributed by atoms with Crippen LogP contribution in [0.15, 0.2) is 47.6 Å². The molecule has 0 aliphatic heterocycles. The third-order valence-electron chi connectivity index (χ3n) is 3.15. The largest absolute Gasteiger partial charge is 0.326 e. The Morgan fingerprint density at radius 2 is 1.90 bits per heavy atom. The molecule has 4 nitrogen and oxygen atoms in total. The van der Waals surface area contributed by atoms with Crippen molar-refractivity contribution in [1.82, 2.24) is 0 Å². The SMILES string of the molecule is CC(=O)Nc1ccc(C2CC=CC(=C=O)C2=C=O)cc1. The highest BCUT2D eigenvalue weighted by Crippen LogP contribution is 2.34. The summed E-state index contributed by atoms with van der Waals surface area (Å²) in [6, 6.07) is 7.19. The van der Waals surface area contributed by atoms with Gasteiger partial charge in [-0.05, 0) is 30.2 Å². The normalized spacial score (nSPS) is 17.4. The lowest BCUT2D eigenvalue weighted by Crippen LogP contribution is -2.09. The molecule has 100 valence electrons. The molecule has 1 amide bonds. The Balaban J connectivity index is 2.32. The quantitative estimate of drug-likeness (QED) is 0.835. The van der Waals surface area contributed by atoms with Crippen molar-refractivity contribution in [2.45, 2.75) is 19.3 Å². The van der Waals surface area contributed by atoms with Gasteiger partial charge in [-0.25, -0.2) is 9.59 Å². The van der Waals surface area contributed by atoms with E-state index in [4.69, 9.17) is 0 Å². The van der Waals surface area contributed by atoms with Crippen molar-refractivity contribution < 1.29 is 14.4 Å². The summed E-state index contributed by atoms with van der Waals surface area (Å²) in [5, 5.41) is 2.68. The van der Waals surface area contributed by atoms with Gasteiger partial charge in [0.2, 0.25) is 5.91 Å². The van der Waals surface area contributed by atoms with Crippen LogP contribution in [0.5, 0.6) is 0 Å².